The number of rotatable bonds is 2. The van der Waals surface area contributed by atoms with E-state index >= 15 is 0 Å². The number of benzene rings is 2. The summed E-state index contributed by atoms with van der Waals surface area (Å²) in [5.74, 6) is -0.297. The molecular formula is C19H14O6. The van der Waals surface area contributed by atoms with Crippen molar-refractivity contribution in [2.45, 2.75) is 13.0 Å². The number of ether oxygens (including phenoxy) is 3. The highest BCUT2D eigenvalue weighted by molar-refractivity contribution is 6.29. The molecule has 0 aromatic heterocycles. The van der Waals surface area contributed by atoms with Crippen LogP contribution < -0.4 is 9.47 Å². The van der Waals surface area contributed by atoms with Crippen molar-refractivity contribution in [3.8, 4) is 11.5 Å². The van der Waals surface area contributed by atoms with Gasteiger partial charge in [0, 0.05) is 23.6 Å². The van der Waals surface area contributed by atoms with Crippen LogP contribution in [-0.2, 0) is 9.53 Å². The second-order valence-corrected chi connectivity index (χ2v) is 5.87. The Balaban J connectivity index is 1.77. The van der Waals surface area contributed by atoms with Crippen molar-refractivity contribution in [3.05, 3.63) is 58.7 Å². The lowest BCUT2D eigenvalue weighted by atomic mass is 9.83. The van der Waals surface area contributed by atoms with E-state index in [0.717, 1.165) is 0 Å². The quantitative estimate of drug-likeness (QED) is 0.666. The molecule has 0 saturated carbocycles. The molecule has 6 heteroatoms. The van der Waals surface area contributed by atoms with Crippen LogP contribution in [0.5, 0.6) is 11.5 Å². The van der Waals surface area contributed by atoms with Gasteiger partial charge in [0.05, 0.1) is 5.56 Å². The van der Waals surface area contributed by atoms with E-state index in [9.17, 15) is 14.4 Å². The van der Waals surface area contributed by atoms with Crippen molar-refractivity contribution in [3.63, 3.8) is 0 Å². The first-order chi connectivity index (χ1) is 12.1. The molecule has 1 unspecified atom stereocenters. The Morgan fingerprint density at radius 1 is 1.08 bits per heavy atom. The molecule has 25 heavy (non-hydrogen) atoms. The monoisotopic (exact) mass is 338 g/mol. The van der Waals surface area contributed by atoms with E-state index < -0.39 is 12.1 Å². The van der Waals surface area contributed by atoms with Crippen molar-refractivity contribution < 1.29 is 28.6 Å². The second-order valence-electron chi connectivity index (χ2n) is 5.87. The van der Waals surface area contributed by atoms with Crippen molar-refractivity contribution in [2.24, 2.45) is 0 Å². The first kappa shape index (κ1) is 15.4. The van der Waals surface area contributed by atoms with Gasteiger partial charge in [-0.05, 0) is 12.1 Å². The predicted octanol–water partition coefficient (Wildman–Crippen LogP) is 2.16. The fourth-order valence-corrected chi connectivity index (χ4v) is 3.04. The lowest BCUT2D eigenvalue weighted by Gasteiger charge is -2.29. The van der Waals surface area contributed by atoms with E-state index in [0.29, 0.717) is 22.4 Å². The normalized spacial score (nSPS) is 17.6. The maximum absolute atomic E-state index is 12.9. The van der Waals surface area contributed by atoms with Gasteiger partial charge in [-0.1, -0.05) is 24.3 Å². The van der Waals surface area contributed by atoms with Crippen LogP contribution in [0.1, 0.15) is 38.8 Å². The predicted molar refractivity (Wildman–Crippen MR) is 86.3 cm³/mol. The lowest BCUT2D eigenvalue weighted by molar-refractivity contribution is -0.144. The zero-order valence-corrected chi connectivity index (χ0v) is 13.4. The van der Waals surface area contributed by atoms with Gasteiger partial charge in [-0.25, -0.2) is 0 Å². The summed E-state index contributed by atoms with van der Waals surface area (Å²) in [5.41, 5.74) is 1.22. The highest BCUT2D eigenvalue weighted by atomic mass is 16.6. The maximum atomic E-state index is 12.9. The first-order valence-corrected chi connectivity index (χ1v) is 7.84. The molecule has 1 heterocycles. The molecule has 6 nitrogen and oxygen atoms in total. The minimum Gasteiger partial charge on any atom is -0.486 e. The highest BCUT2D eigenvalue weighted by Gasteiger charge is 2.36. The molecule has 1 aliphatic carbocycles. The molecule has 0 spiro atoms. The highest BCUT2D eigenvalue weighted by Crippen LogP contribution is 2.41. The van der Waals surface area contributed by atoms with E-state index in [1.54, 1.807) is 36.4 Å². The molecule has 0 N–H and O–H groups in total. The molecule has 0 bridgehead atoms. The molecule has 0 radical (unpaired) electrons. The van der Waals surface area contributed by atoms with Gasteiger partial charge >= 0.3 is 5.97 Å². The fraction of sp³-hybridized carbons (Fsp3) is 0.211. The Morgan fingerprint density at radius 2 is 1.80 bits per heavy atom. The molecule has 0 fully saturated rings. The largest absolute Gasteiger partial charge is 0.486 e. The molecule has 126 valence electrons. The number of hydrogen-bond acceptors (Lipinski definition) is 6. The summed E-state index contributed by atoms with van der Waals surface area (Å²) < 4.78 is 16.4. The lowest BCUT2D eigenvalue weighted by Crippen LogP contribution is -2.35. The Morgan fingerprint density at radius 3 is 2.52 bits per heavy atom. The summed E-state index contributed by atoms with van der Waals surface area (Å²) in [4.78, 5) is 36.6. The smallest absolute Gasteiger partial charge is 0.302 e. The van der Waals surface area contributed by atoms with E-state index in [2.05, 4.69) is 0 Å². The van der Waals surface area contributed by atoms with Crippen molar-refractivity contribution in [1.29, 1.82) is 0 Å². The van der Waals surface area contributed by atoms with Crippen LogP contribution in [0.15, 0.2) is 36.4 Å². The number of hydrogen-bond donors (Lipinski definition) is 0. The van der Waals surface area contributed by atoms with E-state index in [1.807, 2.05) is 0 Å². The van der Waals surface area contributed by atoms with E-state index in [4.69, 9.17) is 14.2 Å². The van der Waals surface area contributed by atoms with Gasteiger partial charge in [0.1, 0.15) is 13.2 Å². The van der Waals surface area contributed by atoms with Crippen LogP contribution in [0.2, 0.25) is 0 Å². The molecule has 2 aromatic carbocycles. The average Bonchev–Trinajstić information content (AvgIpc) is 2.63. The van der Waals surface area contributed by atoms with Crippen LogP contribution in [0.4, 0.5) is 0 Å². The SMILES string of the molecule is CC(=O)OCC1COc2ccc3c(c2O1)C(=O)c1ccccc1C3=O. The van der Waals surface area contributed by atoms with Gasteiger partial charge in [-0.3, -0.25) is 14.4 Å². The molecule has 0 saturated heterocycles. The van der Waals surface area contributed by atoms with Crippen LogP contribution in [0.25, 0.3) is 0 Å². The minimum absolute atomic E-state index is 0.0111. The van der Waals surface area contributed by atoms with Gasteiger partial charge in [-0.15, -0.1) is 0 Å². The van der Waals surface area contributed by atoms with Gasteiger partial charge < -0.3 is 14.2 Å². The number of carbonyl (C=O) groups excluding carboxylic acids is 3. The van der Waals surface area contributed by atoms with Gasteiger partial charge in [0.2, 0.25) is 0 Å². The zero-order valence-electron chi connectivity index (χ0n) is 13.4. The van der Waals surface area contributed by atoms with Gasteiger partial charge in [0.25, 0.3) is 0 Å². The van der Waals surface area contributed by atoms with Crippen LogP contribution >= 0.6 is 0 Å². The van der Waals surface area contributed by atoms with Crippen molar-refractivity contribution in [2.75, 3.05) is 13.2 Å². The van der Waals surface area contributed by atoms with Crippen molar-refractivity contribution >= 4 is 17.5 Å². The topological polar surface area (TPSA) is 78.9 Å². The molecular weight excluding hydrogens is 324 g/mol. The fourth-order valence-electron chi connectivity index (χ4n) is 3.04. The second kappa shape index (κ2) is 5.73. The number of carbonyl (C=O) groups is 3. The van der Waals surface area contributed by atoms with Crippen LogP contribution in [-0.4, -0.2) is 36.9 Å². The number of esters is 1. The Bertz CT molecular complexity index is 914. The standard InChI is InChI=1S/C19H14O6/c1-10(20)23-8-11-9-24-15-7-6-14-16(19(15)25-11)18(22)13-5-3-2-4-12(13)17(14)21/h2-7,11H,8-9H2,1H3. The zero-order chi connectivity index (χ0) is 17.6. The summed E-state index contributed by atoms with van der Waals surface area (Å²) >= 11 is 0. The Labute approximate surface area is 143 Å². The summed E-state index contributed by atoms with van der Waals surface area (Å²) in [7, 11) is 0. The van der Waals surface area contributed by atoms with E-state index in [1.165, 1.54) is 6.92 Å². The molecule has 0 amide bonds. The molecule has 2 aliphatic rings. The maximum Gasteiger partial charge on any atom is 0.302 e. The Hall–Kier alpha value is -3.15. The number of ketones is 2. The summed E-state index contributed by atoms with van der Waals surface area (Å²) in [5, 5.41) is 0. The molecule has 1 aliphatic heterocycles. The van der Waals surface area contributed by atoms with Crippen LogP contribution in [0, 0.1) is 0 Å². The summed E-state index contributed by atoms with van der Waals surface area (Å²) in [6.45, 7) is 1.51. The molecule has 1 atom stereocenters. The van der Waals surface area contributed by atoms with Crippen molar-refractivity contribution in [1.82, 2.24) is 0 Å². The van der Waals surface area contributed by atoms with E-state index in [-0.39, 0.29) is 36.1 Å². The number of fused-ring (bicyclic) bond motifs is 4. The van der Waals surface area contributed by atoms with Crippen LogP contribution in [0.3, 0.4) is 0 Å². The van der Waals surface area contributed by atoms with Gasteiger partial charge in [-0.2, -0.15) is 0 Å². The first-order valence-electron chi connectivity index (χ1n) is 7.84. The third-order valence-corrected chi connectivity index (χ3v) is 4.19. The average molecular weight is 338 g/mol. The summed E-state index contributed by atoms with van der Waals surface area (Å²) in [6.07, 6.45) is -0.539. The Kier molecular flexibility index (Phi) is 3.53. The molecule has 2 aromatic rings. The molecule has 4 rings (SSSR count). The van der Waals surface area contributed by atoms with Gasteiger partial charge in [0.15, 0.2) is 29.2 Å². The minimum atomic E-state index is -0.539. The third-order valence-electron chi connectivity index (χ3n) is 4.19. The third kappa shape index (κ3) is 2.46. The summed E-state index contributed by atoms with van der Waals surface area (Å²) in [6, 6.07) is 9.90.